The van der Waals surface area contributed by atoms with Gasteiger partial charge >= 0.3 is 5.97 Å². The van der Waals surface area contributed by atoms with Crippen molar-refractivity contribution < 1.29 is 24.2 Å². The lowest BCUT2D eigenvalue weighted by molar-refractivity contribution is -0.120. The normalized spacial score (nSPS) is 14.8. The first-order valence-electron chi connectivity index (χ1n) is 7.23. The number of carbonyl (C=O) groups excluding carboxylic acids is 2. The van der Waals surface area contributed by atoms with Crippen LogP contribution in [0.1, 0.15) is 41.6 Å². The van der Waals surface area contributed by atoms with E-state index in [1.807, 2.05) is 0 Å². The van der Waals surface area contributed by atoms with E-state index < -0.39 is 5.97 Å². The zero-order chi connectivity index (χ0) is 17.0. The second-order valence-corrected chi connectivity index (χ2v) is 5.77. The fourth-order valence-electron chi connectivity index (χ4n) is 2.41. The minimum absolute atomic E-state index is 0.0175. The Morgan fingerprint density at radius 3 is 2.65 bits per heavy atom. The molecule has 1 aliphatic carbocycles. The molecule has 1 saturated carbocycles. The first-order valence-corrected chi connectivity index (χ1v) is 7.61. The fourth-order valence-corrected chi connectivity index (χ4v) is 2.60. The molecule has 0 aromatic heterocycles. The molecular weight excluding hydrogens is 320 g/mol. The summed E-state index contributed by atoms with van der Waals surface area (Å²) < 4.78 is 10.00. The van der Waals surface area contributed by atoms with Crippen LogP contribution in [0.4, 0.5) is 0 Å². The van der Waals surface area contributed by atoms with Crippen molar-refractivity contribution in [2.45, 2.75) is 32.6 Å². The van der Waals surface area contributed by atoms with Crippen LogP contribution in [0, 0.1) is 24.9 Å². The Labute approximate surface area is 139 Å². The van der Waals surface area contributed by atoms with Crippen LogP contribution >= 0.6 is 11.6 Å². The summed E-state index contributed by atoms with van der Waals surface area (Å²) in [6, 6.07) is 1.32. The second kappa shape index (κ2) is 7.38. The van der Waals surface area contributed by atoms with Crippen LogP contribution in [0.25, 0.3) is 0 Å². The Morgan fingerprint density at radius 2 is 2.04 bits per heavy atom. The summed E-state index contributed by atoms with van der Waals surface area (Å²) >= 11 is 5.91. The molecule has 2 rings (SSSR count). The molecule has 1 aromatic rings. The molecule has 5 nitrogen and oxygen atoms in total. The van der Waals surface area contributed by atoms with Crippen molar-refractivity contribution in [2.24, 2.45) is 5.92 Å². The van der Waals surface area contributed by atoms with Crippen molar-refractivity contribution in [1.29, 1.82) is 0 Å². The van der Waals surface area contributed by atoms with Gasteiger partial charge in [-0.3, -0.25) is 4.79 Å². The summed E-state index contributed by atoms with van der Waals surface area (Å²) in [7, 11) is 1.26. The SMILES string of the molecule is COC(=O)c1cc(Cl)c(O)c(OC#CC2CCC(=O)CC2)c1C. The van der Waals surface area contributed by atoms with E-state index in [0.29, 0.717) is 31.2 Å². The average Bonchev–Trinajstić information content (AvgIpc) is 2.55. The van der Waals surface area contributed by atoms with Crippen LogP contribution in [-0.4, -0.2) is 24.0 Å². The molecule has 0 aliphatic heterocycles. The minimum Gasteiger partial charge on any atom is -0.503 e. The third-order valence-corrected chi connectivity index (χ3v) is 4.11. The van der Waals surface area contributed by atoms with Crippen molar-refractivity contribution in [3.05, 3.63) is 22.2 Å². The number of methoxy groups -OCH3 is 1. The summed E-state index contributed by atoms with van der Waals surface area (Å²) in [5.41, 5.74) is 0.599. The Morgan fingerprint density at radius 1 is 1.39 bits per heavy atom. The lowest BCUT2D eigenvalue weighted by Crippen LogP contribution is -2.12. The number of hydrogen-bond acceptors (Lipinski definition) is 5. The van der Waals surface area contributed by atoms with Gasteiger partial charge in [0.05, 0.1) is 17.7 Å². The van der Waals surface area contributed by atoms with Gasteiger partial charge in [-0.1, -0.05) is 17.5 Å². The summed E-state index contributed by atoms with van der Waals surface area (Å²) in [6.45, 7) is 1.61. The van der Waals surface area contributed by atoms with Crippen LogP contribution in [0.5, 0.6) is 11.5 Å². The quantitative estimate of drug-likeness (QED) is 0.663. The minimum atomic E-state index is -0.576. The molecule has 1 aromatic carbocycles. The largest absolute Gasteiger partial charge is 0.503 e. The molecule has 0 amide bonds. The molecule has 1 N–H and O–H groups in total. The number of esters is 1. The van der Waals surface area contributed by atoms with Gasteiger partial charge in [-0.2, -0.15) is 0 Å². The molecule has 0 spiro atoms. The lowest BCUT2D eigenvalue weighted by atomic mass is 9.89. The molecule has 1 fully saturated rings. The molecule has 6 heteroatoms. The van der Waals surface area contributed by atoms with E-state index >= 15 is 0 Å². The fraction of sp³-hybridized carbons (Fsp3) is 0.412. The molecule has 0 bridgehead atoms. The van der Waals surface area contributed by atoms with Gasteiger partial charge in [0.2, 0.25) is 0 Å². The number of ketones is 1. The second-order valence-electron chi connectivity index (χ2n) is 5.36. The summed E-state index contributed by atoms with van der Waals surface area (Å²) in [4.78, 5) is 22.9. The number of phenolic OH excluding ortho intramolecular Hbond substituents is 1. The molecule has 1 aliphatic rings. The molecule has 0 atom stereocenters. The number of benzene rings is 1. The first-order chi connectivity index (χ1) is 10.9. The Hall–Kier alpha value is -2.19. The standard InChI is InChI=1S/C17H17ClO5/c1-10-13(17(21)22-2)9-14(18)15(20)16(10)23-8-7-11-3-5-12(19)6-4-11/h9,11,20H,3-6H2,1-2H3. The first kappa shape index (κ1) is 17.2. The smallest absolute Gasteiger partial charge is 0.338 e. The molecule has 122 valence electrons. The lowest BCUT2D eigenvalue weighted by Gasteiger charge is -2.15. The maximum atomic E-state index is 11.7. The molecule has 0 unspecified atom stereocenters. The maximum Gasteiger partial charge on any atom is 0.338 e. The Kier molecular flexibility index (Phi) is 5.51. The maximum absolute atomic E-state index is 11.7. The van der Waals surface area contributed by atoms with E-state index in [1.54, 1.807) is 6.92 Å². The molecule has 0 heterocycles. The van der Waals surface area contributed by atoms with Gasteiger partial charge < -0.3 is 14.6 Å². The highest BCUT2D eigenvalue weighted by Gasteiger charge is 2.20. The van der Waals surface area contributed by atoms with E-state index in [1.165, 1.54) is 13.2 Å². The number of rotatable bonds is 2. The Bertz CT molecular complexity index is 689. The third-order valence-electron chi connectivity index (χ3n) is 3.82. The van der Waals surface area contributed by atoms with Crippen molar-refractivity contribution in [3.8, 4) is 23.5 Å². The molecule has 23 heavy (non-hydrogen) atoms. The number of carbonyl (C=O) groups is 2. The van der Waals surface area contributed by atoms with Crippen LogP contribution in [-0.2, 0) is 9.53 Å². The van der Waals surface area contributed by atoms with Crippen LogP contribution < -0.4 is 4.74 Å². The highest BCUT2D eigenvalue weighted by Crippen LogP contribution is 2.39. The van der Waals surface area contributed by atoms with Crippen molar-refractivity contribution in [3.63, 3.8) is 0 Å². The van der Waals surface area contributed by atoms with Gasteiger partial charge in [-0.05, 0) is 25.8 Å². The predicted octanol–water partition coefficient (Wildman–Crippen LogP) is 3.24. The average molecular weight is 337 g/mol. The highest BCUT2D eigenvalue weighted by atomic mass is 35.5. The number of phenols is 1. The zero-order valence-corrected chi connectivity index (χ0v) is 13.7. The van der Waals surface area contributed by atoms with E-state index in [9.17, 15) is 14.7 Å². The van der Waals surface area contributed by atoms with Crippen LogP contribution in [0.15, 0.2) is 6.07 Å². The van der Waals surface area contributed by atoms with Crippen molar-refractivity contribution >= 4 is 23.4 Å². The van der Waals surface area contributed by atoms with Crippen LogP contribution in [0.2, 0.25) is 5.02 Å². The number of hydrogen-bond donors (Lipinski definition) is 1. The number of Topliss-reactive ketones (excluding diaryl/α,β-unsaturated/α-hetero) is 1. The van der Waals surface area contributed by atoms with E-state index in [-0.39, 0.29) is 33.8 Å². The number of ether oxygens (including phenoxy) is 2. The van der Waals surface area contributed by atoms with Crippen molar-refractivity contribution in [1.82, 2.24) is 0 Å². The van der Waals surface area contributed by atoms with Gasteiger partial charge in [0.15, 0.2) is 11.5 Å². The summed E-state index contributed by atoms with van der Waals surface area (Å²) in [6.07, 6.45) is 5.04. The summed E-state index contributed by atoms with van der Waals surface area (Å²) in [5, 5.41) is 9.99. The third kappa shape index (κ3) is 3.96. The molecule has 0 saturated heterocycles. The zero-order valence-electron chi connectivity index (χ0n) is 12.9. The van der Waals surface area contributed by atoms with Gasteiger partial charge in [0.25, 0.3) is 0 Å². The monoisotopic (exact) mass is 336 g/mol. The van der Waals surface area contributed by atoms with Crippen LogP contribution in [0.3, 0.4) is 0 Å². The molecular formula is C17H17ClO5. The molecule has 0 radical (unpaired) electrons. The van der Waals surface area contributed by atoms with E-state index in [4.69, 9.17) is 16.3 Å². The topological polar surface area (TPSA) is 72.8 Å². The van der Waals surface area contributed by atoms with Gasteiger partial charge in [-0.25, -0.2) is 4.79 Å². The van der Waals surface area contributed by atoms with E-state index in [0.717, 1.165) is 0 Å². The predicted molar refractivity (Wildman–Crippen MR) is 84.6 cm³/mol. The van der Waals surface area contributed by atoms with E-state index in [2.05, 4.69) is 16.8 Å². The highest BCUT2D eigenvalue weighted by molar-refractivity contribution is 6.32. The number of aromatic hydroxyl groups is 1. The van der Waals surface area contributed by atoms with Crippen molar-refractivity contribution in [2.75, 3.05) is 7.11 Å². The number of halogens is 1. The van der Waals surface area contributed by atoms with Gasteiger partial charge in [0, 0.05) is 24.3 Å². The van der Waals surface area contributed by atoms with Gasteiger partial charge in [-0.15, -0.1) is 0 Å². The van der Waals surface area contributed by atoms with Gasteiger partial charge in [0.1, 0.15) is 11.9 Å². The summed E-state index contributed by atoms with van der Waals surface area (Å²) in [5.74, 6) is 2.47. The Balaban J connectivity index is 2.21.